The third-order valence-electron chi connectivity index (χ3n) is 6.49. The van der Waals surface area contributed by atoms with Crippen LogP contribution in [0.1, 0.15) is 16.8 Å². The maximum atomic E-state index is 12.8. The summed E-state index contributed by atoms with van der Waals surface area (Å²) in [7, 11) is 3.62. The molecule has 0 aliphatic rings. The van der Waals surface area contributed by atoms with E-state index in [0.717, 1.165) is 38.9 Å². The van der Waals surface area contributed by atoms with Crippen molar-refractivity contribution in [2.45, 2.75) is 5.54 Å². The number of hydrogen-bond acceptors (Lipinski definition) is 3. The zero-order valence-electron chi connectivity index (χ0n) is 19.4. The fourth-order valence-corrected chi connectivity index (χ4v) is 5.48. The summed E-state index contributed by atoms with van der Waals surface area (Å²) in [5.74, 6) is 0. The standard InChI is InChI=1S/C27H21Cl2N4O2S/c1-32-16-30-15-25(32)27(31-36-35,18-6-9-20(28)10-7-18)19-8-11-24-23(13-19)22(14-26(34)33(24)2)17-4-3-5-21(29)12-17/h3-16H,1-2H3,(H,31,35)/q+1/t27-/m1/s1. The summed E-state index contributed by atoms with van der Waals surface area (Å²) in [5, 5.41) is 2.01. The number of hydrogen-bond donors (Lipinski definition) is 1. The quantitative estimate of drug-likeness (QED) is 0.231. The van der Waals surface area contributed by atoms with Crippen molar-refractivity contribution in [2.24, 2.45) is 14.1 Å². The van der Waals surface area contributed by atoms with Gasteiger partial charge in [0.1, 0.15) is 0 Å². The molecule has 36 heavy (non-hydrogen) atoms. The Hall–Kier alpha value is -3.36. The Labute approximate surface area is 221 Å². The van der Waals surface area contributed by atoms with Crippen molar-refractivity contribution in [2.75, 3.05) is 0 Å². The average molecular weight is 536 g/mol. The Morgan fingerprint density at radius 1 is 0.917 bits per heavy atom. The second-order valence-electron chi connectivity index (χ2n) is 8.53. The smallest absolute Gasteiger partial charge is 0.335 e. The number of pyridine rings is 1. The SMILES string of the molecule is Cn1cncc1[C@@](N[S+]=O)(c1ccc(Cl)cc1)c1ccc2c(c1)c(-c1cccc(Cl)c1)cc(=O)n2C. The van der Waals surface area contributed by atoms with E-state index in [2.05, 4.69) is 9.71 Å². The van der Waals surface area contributed by atoms with E-state index in [0.29, 0.717) is 10.0 Å². The molecule has 5 aromatic rings. The molecule has 0 unspecified atom stereocenters. The van der Waals surface area contributed by atoms with Gasteiger partial charge in [-0.1, -0.05) is 53.5 Å². The van der Waals surface area contributed by atoms with Crippen LogP contribution < -0.4 is 10.3 Å². The van der Waals surface area contributed by atoms with Crippen molar-refractivity contribution >= 4 is 46.0 Å². The molecule has 5 rings (SSSR count). The van der Waals surface area contributed by atoms with Crippen molar-refractivity contribution < 1.29 is 4.21 Å². The maximum absolute atomic E-state index is 12.8. The highest BCUT2D eigenvalue weighted by molar-refractivity contribution is 7.63. The molecule has 0 saturated carbocycles. The molecule has 0 saturated heterocycles. The largest absolute Gasteiger partial charge is 0.589 e. The summed E-state index contributed by atoms with van der Waals surface area (Å²) in [4.78, 5) is 17.2. The molecule has 0 radical (unpaired) electrons. The summed E-state index contributed by atoms with van der Waals surface area (Å²) in [6.07, 6.45) is 3.43. The van der Waals surface area contributed by atoms with Gasteiger partial charge in [-0.25, -0.2) is 4.98 Å². The summed E-state index contributed by atoms with van der Waals surface area (Å²) >= 11 is 12.8. The molecule has 3 aromatic carbocycles. The first-order valence-corrected chi connectivity index (χ1v) is 12.5. The number of nitrogens with one attached hydrogen (secondary N) is 1. The first-order valence-electron chi connectivity index (χ1n) is 11.0. The van der Waals surface area contributed by atoms with E-state index >= 15 is 0 Å². The monoisotopic (exact) mass is 535 g/mol. The zero-order valence-corrected chi connectivity index (χ0v) is 21.7. The third-order valence-corrected chi connectivity index (χ3v) is 7.36. The molecule has 180 valence electrons. The molecular formula is C27H21Cl2N4O2S+. The van der Waals surface area contributed by atoms with Crippen molar-refractivity contribution in [3.05, 3.63) is 123 Å². The molecule has 2 heterocycles. The maximum Gasteiger partial charge on any atom is 0.589 e. The summed E-state index contributed by atoms with van der Waals surface area (Å²) in [5.41, 5.74) is 3.52. The van der Waals surface area contributed by atoms with Gasteiger partial charge in [0, 0.05) is 35.6 Å². The highest BCUT2D eigenvalue weighted by Crippen LogP contribution is 2.39. The van der Waals surface area contributed by atoms with E-state index in [1.54, 1.807) is 48.4 Å². The van der Waals surface area contributed by atoms with Crippen LogP contribution in [0.5, 0.6) is 0 Å². The summed E-state index contributed by atoms with van der Waals surface area (Å²) in [6, 6.07) is 22.2. The van der Waals surface area contributed by atoms with E-state index in [9.17, 15) is 9.00 Å². The lowest BCUT2D eigenvalue weighted by Crippen LogP contribution is -2.43. The fourth-order valence-electron chi connectivity index (χ4n) is 4.70. The molecule has 0 spiro atoms. The van der Waals surface area contributed by atoms with E-state index in [4.69, 9.17) is 23.2 Å². The van der Waals surface area contributed by atoms with Gasteiger partial charge in [0.25, 0.3) is 5.56 Å². The van der Waals surface area contributed by atoms with Gasteiger partial charge in [0.15, 0.2) is 5.54 Å². The number of rotatable bonds is 6. The molecule has 2 aromatic heterocycles. The van der Waals surface area contributed by atoms with Crippen molar-refractivity contribution in [1.29, 1.82) is 0 Å². The zero-order chi connectivity index (χ0) is 25.4. The van der Waals surface area contributed by atoms with Gasteiger partial charge in [-0.05, 0) is 63.4 Å². The second kappa shape index (κ2) is 9.59. The predicted molar refractivity (Wildman–Crippen MR) is 145 cm³/mol. The van der Waals surface area contributed by atoms with Crippen LogP contribution in [-0.4, -0.2) is 14.1 Å². The molecule has 0 aliphatic heterocycles. The third kappa shape index (κ3) is 4.04. The number of nitrogens with zero attached hydrogens (tertiary/aromatic N) is 3. The van der Waals surface area contributed by atoms with Gasteiger partial charge < -0.3 is 9.13 Å². The fraction of sp³-hybridized carbons (Fsp3) is 0.111. The molecule has 0 fully saturated rings. The van der Waals surface area contributed by atoms with Crippen molar-refractivity contribution in [1.82, 2.24) is 18.8 Å². The van der Waals surface area contributed by atoms with Crippen LogP contribution in [0, 0.1) is 0 Å². The highest BCUT2D eigenvalue weighted by atomic mass is 35.5. The normalized spacial score (nSPS) is 13.0. The van der Waals surface area contributed by atoms with Gasteiger partial charge in [0.05, 0.1) is 27.9 Å². The van der Waals surface area contributed by atoms with Crippen molar-refractivity contribution in [3.8, 4) is 11.1 Å². The van der Waals surface area contributed by atoms with Gasteiger partial charge in [0.2, 0.25) is 0 Å². The summed E-state index contributed by atoms with van der Waals surface area (Å²) < 4.78 is 18.7. The first kappa shape index (κ1) is 24.3. The van der Waals surface area contributed by atoms with Crippen LogP contribution in [0.15, 0.2) is 90.1 Å². The van der Waals surface area contributed by atoms with Gasteiger partial charge in [-0.15, -0.1) is 0 Å². The van der Waals surface area contributed by atoms with Crippen molar-refractivity contribution in [3.63, 3.8) is 0 Å². The topological polar surface area (TPSA) is 68.9 Å². The number of aromatic nitrogens is 3. The number of halogens is 2. The average Bonchev–Trinajstić information content (AvgIpc) is 3.31. The van der Waals surface area contributed by atoms with Crippen LogP contribution in [0.2, 0.25) is 10.0 Å². The Morgan fingerprint density at radius 2 is 1.67 bits per heavy atom. The van der Waals surface area contributed by atoms with E-state index in [1.165, 1.54) is 0 Å². The van der Waals surface area contributed by atoms with E-state index in [1.807, 2.05) is 60.1 Å². The van der Waals surface area contributed by atoms with E-state index in [-0.39, 0.29) is 17.4 Å². The van der Waals surface area contributed by atoms with Gasteiger partial charge >= 0.3 is 11.9 Å². The summed E-state index contributed by atoms with van der Waals surface area (Å²) in [6.45, 7) is 0. The van der Waals surface area contributed by atoms with Crippen LogP contribution in [0.3, 0.4) is 0 Å². The van der Waals surface area contributed by atoms with Crippen LogP contribution in [0.4, 0.5) is 0 Å². The first-order chi connectivity index (χ1) is 17.3. The Morgan fingerprint density at radius 3 is 2.33 bits per heavy atom. The minimum absolute atomic E-state index is 0.130. The lowest BCUT2D eigenvalue weighted by Gasteiger charge is -2.30. The van der Waals surface area contributed by atoms with Crippen LogP contribution in [-0.2, 0) is 35.7 Å². The molecule has 6 nitrogen and oxygen atoms in total. The second-order valence-corrected chi connectivity index (χ2v) is 9.77. The van der Waals surface area contributed by atoms with Gasteiger partial charge in [-0.3, -0.25) is 4.79 Å². The molecule has 9 heteroatoms. The molecule has 1 atom stereocenters. The minimum atomic E-state index is -1.06. The lowest BCUT2D eigenvalue weighted by atomic mass is 9.80. The van der Waals surface area contributed by atoms with Crippen LogP contribution >= 0.6 is 23.2 Å². The number of imidazole rings is 1. The Kier molecular flexibility index (Phi) is 6.49. The molecule has 0 amide bonds. The minimum Gasteiger partial charge on any atom is -0.335 e. The number of benzene rings is 3. The molecule has 0 aliphatic carbocycles. The highest BCUT2D eigenvalue weighted by Gasteiger charge is 2.44. The molecule has 0 bridgehead atoms. The van der Waals surface area contributed by atoms with E-state index < -0.39 is 5.54 Å². The number of fused-ring (bicyclic) bond motifs is 1. The Balaban J connectivity index is 1.89. The Bertz CT molecular complexity index is 1660. The number of aryl methyl sites for hydroxylation is 2. The molecule has 1 N–H and O–H groups in total. The predicted octanol–water partition coefficient (Wildman–Crippen LogP) is 5.47. The van der Waals surface area contributed by atoms with Crippen LogP contribution in [0.25, 0.3) is 22.0 Å². The molecular weight excluding hydrogens is 515 g/mol. The van der Waals surface area contributed by atoms with Gasteiger partial charge in [-0.2, -0.15) is 0 Å². The lowest BCUT2D eigenvalue weighted by molar-refractivity contribution is 0.532.